The van der Waals surface area contributed by atoms with Crippen LogP contribution in [0.1, 0.15) is 45.6 Å². The molecule has 1 aliphatic rings. The summed E-state index contributed by atoms with van der Waals surface area (Å²) in [5.74, 6) is 0.318. The van der Waals surface area contributed by atoms with E-state index in [2.05, 4.69) is 23.4 Å². The second-order valence-corrected chi connectivity index (χ2v) is 4.85. The van der Waals surface area contributed by atoms with E-state index in [1.54, 1.807) is 0 Å². The van der Waals surface area contributed by atoms with Gasteiger partial charge in [0.1, 0.15) is 0 Å². The number of hydrogen-bond donors (Lipinski definition) is 0. The topological polar surface area (TPSA) is 38.1 Å². The van der Waals surface area contributed by atoms with E-state index in [-0.39, 0.29) is 0 Å². The van der Waals surface area contributed by atoms with Crippen molar-refractivity contribution < 1.29 is 4.79 Å². The van der Waals surface area contributed by atoms with Crippen molar-refractivity contribution in [3.05, 3.63) is 18.7 Å². The van der Waals surface area contributed by atoms with E-state index < -0.39 is 0 Å². The van der Waals surface area contributed by atoms with Crippen LogP contribution in [0.3, 0.4) is 0 Å². The lowest BCUT2D eigenvalue weighted by atomic mass is 10.0. The van der Waals surface area contributed by atoms with Gasteiger partial charge in [-0.2, -0.15) is 0 Å². The highest BCUT2D eigenvalue weighted by Gasteiger charge is 2.26. The fourth-order valence-electron chi connectivity index (χ4n) is 2.64. The van der Waals surface area contributed by atoms with Crippen LogP contribution in [-0.2, 0) is 4.79 Å². The molecule has 1 aromatic rings. The van der Waals surface area contributed by atoms with Crippen LogP contribution in [0.15, 0.2) is 18.7 Å². The molecule has 2 atom stereocenters. The summed E-state index contributed by atoms with van der Waals surface area (Å²) in [5, 5.41) is 0. The molecule has 1 saturated heterocycles. The molecule has 0 aliphatic carbocycles. The lowest BCUT2D eigenvalue weighted by Gasteiger charge is -2.28. The second-order valence-electron chi connectivity index (χ2n) is 4.85. The van der Waals surface area contributed by atoms with Gasteiger partial charge in [-0.15, -0.1) is 0 Å². The largest absolute Gasteiger partial charge is 0.340 e. The molecular formula is C13H21N3O. The van der Waals surface area contributed by atoms with Crippen molar-refractivity contribution >= 4 is 5.91 Å². The molecule has 0 radical (unpaired) electrons. The fraction of sp³-hybridized carbons (Fsp3) is 0.692. The molecule has 4 heteroatoms. The zero-order valence-corrected chi connectivity index (χ0v) is 10.7. The molecule has 0 bridgehead atoms. The molecule has 1 aliphatic heterocycles. The first-order chi connectivity index (χ1) is 8.22. The zero-order chi connectivity index (χ0) is 12.3. The van der Waals surface area contributed by atoms with Gasteiger partial charge in [0.05, 0.1) is 6.33 Å². The van der Waals surface area contributed by atoms with Crippen LogP contribution in [0.2, 0.25) is 0 Å². The van der Waals surface area contributed by atoms with Crippen LogP contribution < -0.4 is 0 Å². The first-order valence-corrected chi connectivity index (χ1v) is 6.49. The molecule has 0 saturated carbocycles. The van der Waals surface area contributed by atoms with Gasteiger partial charge in [0.25, 0.3) is 0 Å². The van der Waals surface area contributed by atoms with E-state index in [0.717, 1.165) is 32.2 Å². The van der Waals surface area contributed by atoms with Gasteiger partial charge >= 0.3 is 0 Å². The first kappa shape index (κ1) is 12.1. The maximum Gasteiger partial charge on any atom is 0.222 e. The quantitative estimate of drug-likeness (QED) is 0.785. The van der Waals surface area contributed by atoms with Gasteiger partial charge in [-0.05, 0) is 26.2 Å². The predicted octanol–water partition coefficient (Wildman–Crippen LogP) is 2.24. The Balaban J connectivity index is 1.96. The average molecular weight is 235 g/mol. The Kier molecular flexibility index (Phi) is 3.82. The summed E-state index contributed by atoms with van der Waals surface area (Å²) in [5.41, 5.74) is 0. The highest BCUT2D eigenvalue weighted by Crippen LogP contribution is 2.23. The zero-order valence-electron chi connectivity index (χ0n) is 10.7. The molecule has 1 aromatic heterocycles. The van der Waals surface area contributed by atoms with Crippen molar-refractivity contribution in [1.29, 1.82) is 0 Å². The highest BCUT2D eigenvalue weighted by molar-refractivity contribution is 5.78. The number of carbonyl (C=O) groups is 1. The second kappa shape index (κ2) is 5.34. The van der Waals surface area contributed by atoms with Gasteiger partial charge < -0.3 is 9.47 Å². The molecule has 2 rings (SSSR count). The minimum absolute atomic E-state index is 0.318. The van der Waals surface area contributed by atoms with Gasteiger partial charge in [-0.1, -0.05) is 6.92 Å². The van der Waals surface area contributed by atoms with Crippen molar-refractivity contribution in [2.75, 3.05) is 6.54 Å². The summed E-state index contributed by atoms with van der Waals surface area (Å²) in [4.78, 5) is 17.8. The summed E-state index contributed by atoms with van der Waals surface area (Å²) >= 11 is 0. The van der Waals surface area contributed by atoms with Gasteiger partial charge in [-0.25, -0.2) is 4.98 Å². The molecule has 0 N–H and O–H groups in total. The summed E-state index contributed by atoms with van der Waals surface area (Å²) in [6.07, 6.45) is 9.52. The Morgan fingerprint density at radius 2 is 2.35 bits per heavy atom. The molecule has 4 nitrogen and oxygen atoms in total. The van der Waals surface area contributed by atoms with E-state index in [1.165, 1.54) is 0 Å². The van der Waals surface area contributed by atoms with E-state index in [4.69, 9.17) is 0 Å². The summed E-state index contributed by atoms with van der Waals surface area (Å²) < 4.78 is 2.15. The van der Waals surface area contributed by atoms with E-state index >= 15 is 0 Å². The van der Waals surface area contributed by atoms with E-state index in [1.807, 2.05) is 23.6 Å². The third-order valence-corrected chi connectivity index (χ3v) is 3.67. The lowest BCUT2D eigenvalue weighted by molar-refractivity contribution is -0.129. The average Bonchev–Trinajstić information content (AvgIpc) is 2.96. The fourth-order valence-corrected chi connectivity index (χ4v) is 2.64. The van der Waals surface area contributed by atoms with Crippen molar-refractivity contribution in [3.8, 4) is 0 Å². The maximum absolute atomic E-state index is 11.7. The number of rotatable bonds is 5. The smallest absolute Gasteiger partial charge is 0.222 e. The van der Waals surface area contributed by atoms with Gasteiger partial charge in [-0.3, -0.25) is 4.79 Å². The number of aromatic nitrogens is 2. The van der Waals surface area contributed by atoms with Gasteiger partial charge in [0, 0.05) is 37.4 Å². The van der Waals surface area contributed by atoms with Crippen LogP contribution >= 0.6 is 0 Å². The number of hydrogen-bond acceptors (Lipinski definition) is 2. The Bertz CT molecular complexity index is 361. The van der Waals surface area contributed by atoms with Crippen molar-refractivity contribution in [1.82, 2.24) is 14.5 Å². The molecule has 2 heterocycles. The van der Waals surface area contributed by atoms with E-state index in [0.29, 0.717) is 18.0 Å². The molecule has 1 amide bonds. The Hall–Kier alpha value is -1.32. The maximum atomic E-state index is 11.7. The molecule has 17 heavy (non-hydrogen) atoms. The highest BCUT2D eigenvalue weighted by atomic mass is 16.2. The van der Waals surface area contributed by atoms with Crippen LogP contribution in [0.5, 0.6) is 0 Å². The lowest BCUT2D eigenvalue weighted by Crippen LogP contribution is -2.35. The van der Waals surface area contributed by atoms with Gasteiger partial charge in [0.2, 0.25) is 5.91 Å². The number of nitrogens with zero attached hydrogens (tertiary/aromatic N) is 3. The molecular weight excluding hydrogens is 214 g/mol. The Morgan fingerprint density at radius 3 is 2.88 bits per heavy atom. The van der Waals surface area contributed by atoms with Gasteiger partial charge in [0.15, 0.2) is 0 Å². The number of amides is 1. The van der Waals surface area contributed by atoms with E-state index in [9.17, 15) is 4.79 Å². The Labute approximate surface area is 103 Å². The number of likely N-dealkylation sites (tertiary alicyclic amines) is 1. The van der Waals surface area contributed by atoms with Crippen LogP contribution in [0, 0.1) is 0 Å². The molecule has 0 spiro atoms. The van der Waals surface area contributed by atoms with Crippen LogP contribution in [0.4, 0.5) is 0 Å². The molecule has 1 fully saturated rings. The molecule has 2 unspecified atom stereocenters. The molecule has 94 valence electrons. The van der Waals surface area contributed by atoms with Crippen molar-refractivity contribution in [2.45, 2.75) is 51.6 Å². The number of carbonyl (C=O) groups excluding carboxylic acids is 1. The third-order valence-electron chi connectivity index (χ3n) is 3.67. The van der Waals surface area contributed by atoms with Crippen LogP contribution in [-0.4, -0.2) is 32.9 Å². The SMILES string of the molecule is CCC(CC(C)N1CCCC1=O)n1ccnc1. The van der Waals surface area contributed by atoms with Crippen molar-refractivity contribution in [3.63, 3.8) is 0 Å². The summed E-state index contributed by atoms with van der Waals surface area (Å²) in [6, 6.07) is 0.776. The molecule has 0 aromatic carbocycles. The minimum Gasteiger partial charge on any atom is -0.340 e. The third kappa shape index (κ3) is 2.68. The monoisotopic (exact) mass is 235 g/mol. The first-order valence-electron chi connectivity index (χ1n) is 6.49. The van der Waals surface area contributed by atoms with Crippen molar-refractivity contribution in [2.24, 2.45) is 0 Å². The standard InChI is InChI=1S/C13H21N3O/c1-3-12(15-8-6-14-10-15)9-11(2)16-7-4-5-13(16)17/h6,8,10-12H,3-5,7,9H2,1-2H3. The minimum atomic E-state index is 0.318. The summed E-state index contributed by atoms with van der Waals surface area (Å²) in [7, 11) is 0. The normalized spacial score (nSPS) is 19.6. The number of imidazole rings is 1. The Morgan fingerprint density at radius 1 is 1.53 bits per heavy atom. The predicted molar refractivity (Wildman–Crippen MR) is 66.6 cm³/mol. The van der Waals surface area contributed by atoms with Crippen LogP contribution in [0.25, 0.3) is 0 Å². The summed E-state index contributed by atoms with van der Waals surface area (Å²) in [6.45, 7) is 5.27.